The minimum Gasteiger partial charge on any atom is -0.444 e. The molecule has 3 aliphatic heterocycles. The Kier molecular flexibility index (Phi) is 10.2. The van der Waals surface area contributed by atoms with E-state index in [0.29, 0.717) is 43.2 Å². The third kappa shape index (κ3) is 7.39. The van der Waals surface area contributed by atoms with Crippen LogP contribution in [0.15, 0.2) is 42.5 Å². The number of hydrogen-bond donors (Lipinski definition) is 1. The largest absolute Gasteiger partial charge is 0.444 e. The van der Waals surface area contributed by atoms with Gasteiger partial charge in [0.25, 0.3) is 0 Å². The molecule has 3 amide bonds. The van der Waals surface area contributed by atoms with Gasteiger partial charge in [-0.1, -0.05) is 37.1 Å². The summed E-state index contributed by atoms with van der Waals surface area (Å²) in [6.45, 7) is 1.43. The first-order chi connectivity index (χ1) is 25.6. The molecule has 0 aromatic heterocycles. The minimum atomic E-state index is -4.02. The summed E-state index contributed by atoms with van der Waals surface area (Å²) in [7, 11) is -4.02. The Morgan fingerprint density at radius 2 is 1.74 bits per heavy atom. The standard InChI is InChI=1S/C39H43F4N3O7S/c1-38(12-13-38)54(51,52)44-36(49)39-18-26(39)10-6-4-2-3-5-8-24(14-23-15-30(41)34(43)31(42)16-23)35(48)46-21-27(17-32(46)33(47)19-39)53-37(50)45-20-25-9-7-11-29(40)28(25)22-45/h6-7,9-11,15-16,24,26-27,32H,2-5,8,12-14,17-22H2,1H3,(H,44,49)/b10-6-/t24-,26-,27-,32+,39-/m1/s1. The number of rotatable bonds is 6. The number of sulfonamides is 1. The minimum absolute atomic E-state index is 0.0279. The van der Waals surface area contributed by atoms with Gasteiger partial charge in [0, 0.05) is 30.9 Å². The van der Waals surface area contributed by atoms with Gasteiger partial charge in [-0.2, -0.15) is 0 Å². The molecule has 2 saturated carbocycles. The molecule has 0 unspecified atom stereocenters. The predicted molar refractivity (Wildman–Crippen MR) is 187 cm³/mol. The lowest BCUT2D eigenvalue weighted by Gasteiger charge is -2.29. The number of ketones is 1. The zero-order valence-corrected chi connectivity index (χ0v) is 30.7. The summed E-state index contributed by atoms with van der Waals surface area (Å²) in [5.41, 5.74) is -0.325. The van der Waals surface area contributed by atoms with Gasteiger partial charge in [-0.3, -0.25) is 24.0 Å². The maximum Gasteiger partial charge on any atom is 0.410 e. The van der Waals surface area contributed by atoms with Crippen LogP contribution in [0.3, 0.4) is 0 Å². The van der Waals surface area contributed by atoms with Crippen LogP contribution in [-0.2, 0) is 48.7 Å². The fourth-order valence-electron chi connectivity index (χ4n) is 8.16. The maximum absolute atomic E-state index is 14.5. The van der Waals surface area contributed by atoms with Crippen LogP contribution in [0.4, 0.5) is 22.4 Å². The number of halogens is 4. The fourth-order valence-corrected chi connectivity index (χ4v) is 9.49. The van der Waals surface area contributed by atoms with E-state index < -0.39 is 91.1 Å². The van der Waals surface area contributed by atoms with Gasteiger partial charge in [0.2, 0.25) is 21.8 Å². The van der Waals surface area contributed by atoms with Crippen LogP contribution in [-0.4, -0.2) is 65.3 Å². The molecule has 7 rings (SSSR count). The summed E-state index contributed by atoms with van der Waals surface area (Å²) in [4.78, 5) is 58.7. The van der Waals surface area contributed by atoms with Gasteiger partial charge in [-0.15, -0.1) is 0 Å². The summed E-state index contributed by atoms with van der Waals surface area (Å²) < 4.78 is 90.0. The number of allylic oxidation sites excluding steroid dienone is 2. The number of carbonyl (C=O) groups excluding carboxylic acids is 4. The molecule has 54 heavy (non-hydrogen) atoms. The number of fused-ring (bicyclic) bond motifs is 3. The Bertz CT molecular complexity index is 2000. The number of carbonyl (C=O) groups is 4. The number of benzene rings is 2. The van der Waals surface area contributed by atoms with Gasteiger partial charge in [0.15, 0.2) is 23.2 Å². The maximum atomic E-state index is 14.5. The number of amides is 3. The van der Waals surface area contributed by atoms with Gasteiger partial charge in [-0.25, -0.2) is 30.8 Å². The molecule has 0 bridgehead atoms. The van der Waals surface area contributed by atoms with Crippen molar-refractivity contribution in [3.05, 3.63) is 82.4 Å². The number of ether oxygens (including phenoxy) is 1. The molecule has 290 valence electrons. The van der Waals surface area contributed by atoms with Crippen LogP contribution < -0.4 is 4.72 Å². The molecular weight excluding hydrogens is 731 g/mol. The van der Waals surface area contributed by atoms with Crippen molar-refractivity contribution in [1.82, 2.24) is 14.5 Å². The molecule has 5 atom stereocenters. The van der Waals surface area contributed by atoms with Gasteiger partial charge < -0.3 is 9.64 Å². The average Bonchev–Trinajstić information content (AvgIpc) is 3.91. The summed E-state index contributed by atoms with van der Waals surface area (Å²) in [6.07, 6.45) is 5.29. The second-order valence-corrected chi connectivity index (χ2v) is 18.0. The van der Waals surface area contributed by atoms with Crippen molar-refractivity contribution in [3.8, 4) is 0 Å². The van der Waals surface area contributed by atoms with Crippen molar-refractivity contribution >= 4 is 33.7 Å². The number of Topliss-reactive ketones (excluding diaryl/α,β-unsaturated/α-hetero) is 1. The summed E-state index contributed by atoms with van der Waals surface area (Å²) in [5.74, 6) is -8.01. The molecule has 1 saturated heterocycles. The van der Waals surface area contributed by atoms with Crippen LogP contribution >= 0.6 is 0 Å². The Morgan fingerprint density at radius 1 is 1.00 bits per heavy atom. The van der Waals surface area contributed by atoms with E-state index in [1.165, 1.54) is 15.9 Å². The third-order valence-electron chi connectivity index (χ3n) is 11.9. The Balaban J connectivity index is 1.16. The average molecular weight is 774 g/mol. The lowest BCUT2D eigenvalue weighted by atomic mass is 9.90. The zero-order chi connectivity index (χ0) is 38.6. The van der Waals surface area contributed by atoms with Crippen molar-refractivity contribution in [2.45, 2.75) is 108 Å². The van der Waals surface area contributed by atoms with Crippen LogP contribution in [0.2, 0.25) is 0 Å². The highest BCUT2D eigenvalue weighted by molar-refractivity contribution is 7.91. The van der Waals surface area contributed by atoms with Crippen LogP contribution in [0.25, 0.3) is 0 Å². The van der Waals surface area contributed by atoms with E-state index in [4.69, 9.17) is 4.74 Å². The van der Waals surface area contributed by atoms with Crippen LogP contribution in [0.5, 0.6) is 0 Å². The molecule has 2 aromatic rings. The van der Waals surface area contributed by atoms with Gasteiger partial charge in [0.1, 0.15) is 11.9 Å². The Labute approximate surface area is 311 Å². The molecule has 3 fully saturated rings. The van der Waals surface area contributed by atoms with Crippen molar-refractivity contribution in [2.24, 2.45) is 17.3 Å². The molecule has 2 aromatic carbocycles. The molecule has 3 heterocycles. The molecule has 2 aliphatic carbocycles. The lowest BCUT2D eigenvalue weighted by Crippen LogP contribution is -2.47. The van der Waals surface area contributed by atoms with Crippen LogP contribution in [0.1, 0.15) is 87.8 Å². The van der Waals surface area contributed by atoms with E-state index in [1.54, 1.807) is 19.1 Å². The van der Waals surface area contributed by atoms with E-state index in [9.17, 15) is 45.2 Å². The van der Waals surface area contributed by atoms with Crippen molar-refractivity contribution in [2.75, 3.05) is 6.54 Å². The Hall–Kier alpha value is -4.27. The zero-order valence-electron chi connectivity index (χ0n) is 29.9. The van der Waals surface area contributed by atoms with E-state index in [1.807, 2.05) is 12.2 Å². The van der Waals surface area contributed by atoms with Gasteiger partial charge in [0.05, 0.1) is 29.3 Å². The van der Waals surface area contributed by atoms with E-state index in [-0.39, 0.29) is 57.3 Å². The van der Waals surface area contributed by atoms with Crippen LogP contribution in [0, 0.1) is 40.5 Å². The number of nitrogens with zero attached hydrogens (tertiary/aromatic N) is 2. The predicted octanol–water partition coefficient (Wildman–Crippen LogP) is 6.01. The van der Waals surface area contributed by atoms with Crippen molar-refractivity contribution in [3.63, 3.8) is 0 Å². The van der Waals surface area contributed by atoms with Gasteiger partial charge in [-0.05, 0) is 87.1 Å². The number of hydrogen-bond acceptors (Lipinski definition) is 7. The first kappa shape index (κ1) is 38.0. The smallest absolute Gasteiger partial charge is 0.410 e. The fraction of sp³-hybridized carbons (Fsp3) is 0.538. The van der Waals surface area contributed by atoms with Crippen molar-refractivity contribution < 1.29 is 49.9 Å². The first-order valence-corrected chi connectivity index (χ1v) is 20.0. The Morgan fingerprint density at radius 3 is 2.44 bits per heavy atom. The van der Waals surface area contributed by atoms with Gasteiger partial charge >= 0.3 is 6.09 Å². The molecule has 15 heteroatoms. The normalized spacial score (nSPS) is 28.6. The summed E-state index contributed by atoms with van der Waals surface area (Å²) >= 11 is 0. The molecular formula is C39H43F4N3O7S. The summed E-state index contributed by atoms with van der Waals surface area (Å²) in [5, 5.41) is 0. The van der Waals surface area contributed by atoms with E-state index in [2.05, 4.69) is 4.72 Å². The second-order valence-electron chi connectivity index (χ2n) is 15.8. The second kappa shape index (κ2) is 14.4. The molecule has 10 nitrogen and oxygen atoms in total. The monoisotopic (exact) mass is 773 g/mol. The van der Waals surface area contributed by atoms with E-state index >= 15 is 0 Å². The molecule has 5 aliphatic rings. The molecule has 1 N–H and O–H groups in total. The number of nitrogens with one attached hydrogen (secondary N) is 1. The quantitative estimate of drug-likeness (QED) is 0.216. The van der Waals surface area contributed by atoms with Crippen molar-refractivity contribution in [1.29, 1.82) is 0 Å². The SMILES string of the molecule is CC1(S(=O)(=O)NC(=O)[C@]23CC(=O)[C@@H]4C[C@@H](OC(=O)N5Cc6cccc(F)c6C5)CN4C(=O)[C@@H](Cc4cc(F)c(F)c(F)c4)CCCCC/C=C\[C@@H]2C3)CC1. The third-order valence-corrected chi connectivity index (χ3v) is 14.1. The highest BCUT2D eigenvalue weighted by atomic mass is 32.2. The summed E-state index contributed by atoms with van der Waals surface area (Å²) in [6, 6.07) is 5.05. The lowest BCUT2D eigenvalue weighted by molar-refractivity contribution is -0.142. The first-order valence-electron chi connectivity index (χ1n) is 18.5. The molecule has 0 radical (unpaired) electrons. The highest BCUT2D eigenvalue weighted by Gasteiger charge is 2.62. The molecule has 0 spiro atoms. The van der Waals surface area contributed by atoms with E-state index in [0.717, 1.165) is 18.6 Å². The topological polar surface area (TPSA) is 130 Å². The highest BCUT2D eigenvalue weighted by Crippen LogP contribution is 2.57.